The smallest absolute Gasteiger partial charge is 0.301 e. The number of halogens is 3. The van der Waals surface area contributed by atoms with Crippen LogP contribution in [0.5, 0.6) is 0 Å². The van der Waals surface area contributed by atoms with Crippen LogP contribution in [0.25, 0.3) is 0 Å². The zero-order valence-electron chi connectivity index (χ0n) is 16.8. The predicted octanol–water partition coefficient (Wildman–Crippen LogP) is 5.31. The summed E-state index contributed by atoms with van der Waals surface area (Å²) >= 11 is 2.08. The third kappa shape index (κ3) is 4.95. The van der Waals surface area contributed by atoms with Crippen LogP contribution >= 0.6 is 23.1 Å². The van der Waals surface area contributed by atoms with Crippen molar-refractivity contribution in [1.82, 2.24) is 9.97 Å². The molecule has 1 amide bonds. The van der Waals surface area contributed by atoms with Crippen molar-refractivity contribution in [3.63, 3.8) is 0 Å². The first kappa shape index (κ1) is 22.6. The van der Waals surface area contributed by atoms with Crippen LogP contribution in [-0.2, 0) is 23.8 Å². The molecule has 2 aromatic heterocycles. The number of thioether (sulfide) groups is 1. The lowest BCUT2D eigenvalue weighted by Crippen LogP contribution is -2.30. The molecule has 1 atom stereocenters. The minimum Gasteiger partial charge on any atom is -0.301 e. The highest BCUT2D eigenvalue weighted by molar-refractivity contribution is 8.00. The number of rotatable bonds is 4. The first-order chi connectivity index (χ1) is 14.0. The molecular formula is C20H21F3N4OS2. The lowest BCUT2D eigenvalue weighted by atomic mass is 9.70. The number of hydrogen-bond acceptors (Lipinski definition) is 6. The van der Waals surface area contributed by atoms with Crippen molar-refractivity contribution in [2.75, 3.05) is 11.1 Å². The summed E-state index contributed by atoms with van der Waals surface area (Å²) in [6, 6.07) is 1.70. The van der Waals surface area contributed by atoms with Gasteiger partial charge in [-0.15, -0.1) is 11.3 Å². The fourth-order valence-electron chi connectivity index (χ4n) is 3.57. The number of thiazole rings is 1. The van der Waals surface area contributed by atoms with Crippen molar-refractivity contribution in [3.8, 4) is 6.07 Å². The summed E-state index contributed by atoms with van der Waals surface area (Å²) in [6.45, 7) is 6.04. The van der Waals surface area contributed by atoms with E-state index in [1.807, 2.05) is 20.8 Å². The van der Waals surface area contributed by atoms with Crippen molar-refractivity contribution < 1.29 is 18.0 Å². The molecule has 0 saturated heterocycles. The predicted molar refractivity (Wildman–Crippen MR) is 110 cm³/mol. The first-order valence-corrected chi connectivity index (χ1v) is 11.2. The van der Waals surface area contributed by atoms with Crippen molar-refractivity contribution in [1.29, 1.82) is 5.26 Å². The number of anilines is 1. The number of aryl methyl sites for hydroxylation is 1. The summed E-state index contributed by atoms with van der Waals surface area (Å²) in [6.07, 6.45) is -1.74. The first-order valence-electron chi connectivity index (χ1n) is 9.36. The van der Waals surface area contributed by atoms with E-state index in [0.717, 1.165) is 18.2 Å². The highest BCUT2D eigenvalue weighted by atomic mass is 32.2. The molecule has 1 aliphatic rings. The van der Waals surface area contributed by atoms with E-state index in [0.29, 0.717) is 17.2 Å². The van der Waals surface area contributed by atoms with Crippen molar-refractivity contribution in [2.45, 2.75) is 51.2 Å². The Kier molecular flexibility index (Phi) is 6.43. The Morgan fingerprint density at radius 3 is 2.70 bits per heavy atom. The van der Waals surface area contributed by atoms with Crippen molar-refractivity contribution in [3.05, 3.63) is 34.0 Å². The summed E-state index contributed by atoms with van der Waals surface area (Å²) < 4.78 is 42.0. The average Bonchev–Trinajstić information content (AvgIpc) is 3.15. The molecule has 0 bridgehead atoms. The summed E-state index contributed by atoms with van der Waals surface area (Å²) in [5.74, 6) is -0.510. The Hall–Kier alpha value is -2.12. The van der Waals surface area contributed by atoms with Gasteiger partial charge in [0.1, 0.15) is 11.1 Å². The highest BCUT2D eigenvalue weighted by Gasteiger charge is 2.42. The van der Waals surface area contributed by atoms with Crippen LogP contribution in [-0.4, -0.2) is 21.6 Å². The van der Waals surface area contributed by atoms with Gasteiger partial charge in [0.15, 0.2) is 5.13 Å². The molecule has 5 nitrogen and oxygen atoms in total. The van der Waals surface area contributed by atoms with Crippen molar-refractivity contribution in [2.24, 2.45) is 11.3 Å². The maximum absolute atomic E-state index is 14.0. The van der Waals surface area contributed by atoms with Gasteiger partial charge < -0.3 is 5.32 Å². The van der Waals surface area contributed by atoms with Gasteiger partial charge in [0.2, 0.25) is 5.91 Å². The lowest BCUT2D eigenvalue weighted by molar-refractivity contribution is -0.139. The molecule has 0 aromatic carbocycles. The number of fused-ring (bicyclic) bond motifs is 1. The van der Waals surface area contributed by atoms with Gasteiger partial charge in [-0.2, -0.15) is 18.4 Å². The zero-order valence-corrected chi connectivity index (χ0v) is 18.4. The van der Waals surface area contributed by atoms with Crippen LogP contribution in [0.1, 0.15) is 49.6 Å². The van der Waals surface area contributed by atoms with Gasteiger partial charge in [-0.25, -0.2) is 9.97 Å². The maximum Gasteiger partial charge on any atom is 0.418 e. The monoisotopic (exact) mass is 454 g/mol. The standard InChI is InChI=1S/C20H21F3N4OS2/c1-19(2,3)11-4-5-14-12(8-11)16(20(21,22)23)13(9-24)17(26-14)30-10-15(28)27-18-25-6-7-29-18/h6-7,11H,4-5,8,10H2,1-3H3,(H,25,27,28)/t11-/m0/s1. The van der Waals surface area contributed by atoms with Gasteiger partial charge in [-0.05, 0) is 36.2 Å². The molecule has 0 fully saturated rings. The Balaban J connectivity index is 1.94. The molecule has 0 unspecified atom stereocenters. The molecule has 1 N–H and O–H groups in total. The molecule has 30 heavy (non-hydrogen) atoms. The van der Waals surface area contributed by atoms with E-state index in [2.05, 4.69) is 15.3 Å². The van der Waals surface area contributed by atoms with Gasteiger partial charge in [0.05, 0.1) is 16.9 Å². The summed E-state index contributed by atoms with van der Waals surface area (Å²) in [4.78, 5) is 20.4. The highest BCUT2D eigenvalue weighted by Crippen LogP contribution is 2.44. The van der Waals surface area contributed by atoms with Gasteiger partial charge in [-0.3, -0.25) is 4.79 Å². The van der Waals surface area contributed by atoms with Crippen LogP contribution in [0.3, 0.4) is 0 Å². The van der Waals surface area contributed by atoms with Crippen LogP contribution < -0.4 is 5.32 Å². The SMILES string of the molecule is CC(C)(C)[C@H]1CCc2nc(SCC(=O)Nc3nccs3)c(C#N)c(C(F)(F)F)c2C1. The number of amides is 1. The Morgan fingerprint density at radius 2 is 2.13 bits per heavy atom. The average molecular weight is 455 g/mol. The minimum absolute atomic E-state index is 0.0490. The summed E-state index contributed by atoms with van der Waals surface area (Å²) in [5.41, 5.74) is -1.03. The van der Waals surface area contributed by atoms with Crippen molar-refractivity contribution >= 4 is 34.1 Å². The second-order valence-corrected chi connectivity index (χ2v) is 10.0. The Morgan fingerprint density at radius 1 is 1.40 bits per heavy atom. The van der Waals surface area contributed by atoms with Crippen LogP contribution in [0.4, 0.5) is 18.3 Å². The number of carbonyl (C=O) groups is 1. The number of nitriles is 1. The molecule has 1 aliphatic carbocycles. The molecule has 10 heteroatoms. The van der Waals surface area contributed by atoms with Gasteiger partial charge in [-0.1, -0.05) is 32.5 Å². The fraction of sp³-hybridized carbons (Fsp3) is 0.500. The van der Waals surface area contributed by atoms with Gasteiger partial charge >= 0.3 is 6.18 Å². The Bertz CT molecular complexity index is 976. The molecule has 0 radical (unpaired) electrons. The van der Waals surface area contributed by atoms with Crippen LogP contribution in [0, 0.1) is 22.7 Å². The van der Waals surface area contributed by atoms with Crippen LogP contribution in [0.2, 0.25) is 0 Å². The van der Waals surface area contributed by atoms with E-state index in [1.165, 1.54) is 17.5 Å². The molecule has 2 aromatic rings. The molecule has 0 saturated carbocycles. The molecule has 0 spiro atoms. The molecule has 160 valence electrons. The molecule has 0 aliphatic heterocycles. The topological polar surface area (TPSA) is 78.7 Å². The maximum atomic E-state index is 14.0. The second kappa shape index (κ2) is 8.55. The number of pyridine rings is 1. The normalized spacial score (nSPS) is 16.6. The number of nitrogens with zero attached hydrogens (tertiary/aromatic N) is 3. The van der Waals surface area contributed by atoms with Gasteiger partial charge in [0.25, 0.3) is 0 Å². The second-order valence-electron chi connectivity index (χ2n) is 8.18. The third-order valence-corrected chi connectivity index (χ3v) is 6.83. The van der Waals surface area contributed by atoms with E-state index in [-0.39, 0.29) is 34.1 Å². The molecule has 3 rings (SSSR count). The van der Waals surface area contributed by atoms with E-state index < -0.39 is 23.2 Å². The largest absolute Gasteiger partial charge is 0.418 e. The Labute approximate surface area is 181 Å². The summed E-state index contributed by atoms with van der Waals surface area (Å²) in [7, 11) is 0. The zero-order chi connectivity index (χ0) is 22.1. The summed E-state index contributed by atoms with van der Waals surface area (Å²) in [5, 5.41) is 14.2. The number of aromatic nitrogens is 2. The number of alkyl halides is 3. The van der Waals surface area contributed by atoms with E-state index in [9.17, 15) is 23.2 Å². The number of carbonyl (C=O) groups excluding carboxylic acids is 1. The molecular weight excluding hydrogens is 433 g/mol. The minimum atomic E-state index is -4.67. The van der Waals surface area contributed by atoms with E-state index in [1.54, 1.807) is 11.4 Å². The van der Waals surface area contributed by atoms with E-state index in [4.69, 9.17) is 0 Å². The van der Waals surface area contributed by atoms with Gasteiger partial charge in [0, 0.05) is 17.3 Å². The van der Waals surface area contributed by atoms with E-state index >= 15 is 0 Å². The number of nitrogens with one attached hydrogen (secondary N) is 1. The fourth-order valence-corrected chi connectivity index (χ4v) is 4.92. The quantitative estimate of drug-likeness (QED) is 0.634. The third-order valence-electron chi connectivity index (χ3n) is 5.17. The molecule has 2 heterocycles. The number of hydrogen-bond donors (Lipinski definition) is 1. The van der Waals surface area contributed by atoms with Crippen LogP contribution in [0.15, 0.2) is 16.6 Å². The lowest BCUT2D eigenvalue weighted by Gasteiger charge is -2.36.